The van der Waals surface area contributed by atoms with Crippen LogP contribution in [0.2, 0.25) is 0 Å². The molecule has 3 heteroatoms. The molecule has 0 radical (unpaired) electrons. The minimum atomic E-state index is 0.217. The first-order chi connectivity index (χ1) is 13.2. The molecule has 3 nitrogen and oxygen atoms in total. The summed E-state index contributed by atoms with van der Waals surface area (Å²) in [6.45, 7) is 3.02. The van der Waals surface area contributed by atoms with Gasteiger partial charge in [-0.2, -0.15) is 0 Å². The van der Waals surface area contributed by atoms with Gasteiger partial charge in [0.1, 0.15) is 0 Å². The predicted octanol–water partition coefficient (Wildman–Crippen LogP) is 5.79. The van der Waals surface area contributed by atoms with Crippen molar-refractivity contribution >= 4 is 5.91 Å². The summed E-state index contributed by atoms with van der Waals surface area (Å²) in [6, 6.07) is 10.3. The third kappa shape index (κ3) is 11.7. The Bertz CT molecular complexity index is 512. The van der Waals surface area contributed by atoms with Crippen molar-refractivity contribution in [1.29, 1.82) is 0 Å². The Hall–Kier alpha value is -1.61. The monoisotopic (exact) mass is 373 g/mol. The highest BCUT2D eigenvalue weighted by Gasteiger charge is 2.08. The Labute approximate surface area is 166 Å². The molecule has 0 N–H and O–H groups in total. The van der Waals surface area contributed by atoms with E-state index in [1.165, 1.54) is 37.7 Å². The number of carbonyl (C=O) groups is 1. The number of carbonyl (C=O) groups excluding carboxylic acids is 1. The highest BCUT2D eigenvalue weighted by molar-refractivity contribution is 5.76. The number of hydrogen-bond acceptors (Lipinski definition) is 2. The van der Waals surface area contributed by atoms with Gasteiger partial charge in [0.05, 0.1) is 6.10 Å². The van der Waals surface area contributed by atoms with Gasteiger partial charge in [0, 0.05) is 27.1 Å². The second-order valence-electron chi connectivity index (χ2n) is 7.36. The maximum absolute atomic E-state index is 12.2. The molecule has 0 fully saturated rings. The number of amides is 1. The highest BCUT2D eigenvalue weighted by atomic mass is 16.5. The summed E-state index contributed by atoms with van der Waals surface area (Å²) >= 11 is 0. The third-order valence-corrected chi connectivity index (χ3v) is 5.06. The molecule has 0 aromatic heterocycles. The van der Waals surface area contributed by atoms with E-state index < -0.39 is 0 Å². The van der Waals surface area contributed by atoms with E-state index in [2.05, 4.69) is 31.2 Å². The molecule has 0 heterocycles. The molecule has 1 aromatic rings. The number of likely N-dealkylation sites (N-methyl/N-ethyl adjacent to an activating group) is 1. The molecule has 1 rings (SSSR count). The van der Waals surface area contributed by atoms with E-state index in [9.17, 15) is 4.79 Å². The Morgan fingerprint density at radius 3 is 2.56 bits per heavy atom. The zero-order chi connectivity index (χ0) is 19.7. The predicted molar refractivity (Wildman–Crippen MR) is 115 cm³/mol. The summed E-state index contributed by atoms with van der Waals surface area (Å²) < 4.78 is 5.57. The average molecular weight is 374 g/mol. The van der Waals surface area contributed by atoms with Crippen molar-refractivity contribution in [2.45, 2.75) is 77.2 Å². The lowest BCUT2D eigenvalue weighted by molar-refractivity contribution is -0.129. The van der Waals surface area contributed by atoms with Gasteiger partial charge in [-0.1, -0.05) is 81.5 Å². The zero-order valence-electron chi connectivity index (χ0n) is 17.7. The molecular weight excluding hydrogens is 334 g/mol. The minimum absolute atomic E-state index is 0.217. The SMILES string of the molecule is CCCCCCCC(C/C=C/CCC(=O)N(C)CCc1ccccc1)OC. The summed E-state index contributed by atoms with van der Waals surface area (Å²) in [5.41, 5.74) is 1.28. The molecule has 0 aliphatic heterocycles. The van der Waals surface area contributed by atoms with E-state index >= 15 is 0 Å². The van der Waals surface area contributed by atoms with Crippen LogP contribution >= 0.6 is 0 Å². The van der Waals surface area contributed by atoms with Crippen molar-refractivity contribution in [3.05, 3.63) is 48.0 Å². The first kappa shape index (κ1) is 23.4. The second-order valence-corrected chi connectivity index (χ2v) is 7.36. The first-order valence-electron chi connectivity index (χ1n) is 10.6. The fourth-order valence-electron chi connectivity index (χ4n) is 3.14. The van der Waals surface area contributed by atoms with E-state index in [0.29, 0.717) is 12.5 Å². The van der Waals surface area contributed by atoms with Crippen molar-refractivity contribution in [3.63, 3.8) is 0 Å². The standard InChI is InChI=1S/C24H39NO2/c1-4-5-6-7-12-17-23(27-3)18-13-9-14-19-24(26)25(2)21-20-22-15-10-8-11-16-22/h8-11,13,15-16,23H,4-7,12,14,17-21H2,1-3H3/b13-9+. The molecular formula is C24H39NO2. The Morgan fingerprint density at radius 2 is 1.85 bits per heavy atom. The normalized spacial score (nSPS) is 12.4. The fraction of sp³-hybridized carbons (Fsp3) is 0.625. The summed E-state index contributed by atoms with van der Waals surface area (Å²) in [7, 11) is 3.70. The lowest BCUT2D eigenvalue weighted by Crippen LogP contribution is -2.28. The molecule has 1 amide bonds. The van der Waals surface area contributed by atoms with E-state index in [4.69, 9.17) is 4.74 Å². The third-order valence-electron chi connectivity index (χ3n) is 5.06. The van der Waals surface area contributed by atoms with Gasteiger partial charge in [-0.05, 0) is 31.2 Å². The molecule has 0 saturated heterocycles. The van der Waals surface area contributed by atoms with Crippen LogP contribution in [0.1, 0.15) is 70.3 Å². The molecule has 0 aliphatic rings. The number of ether oxygens (including phenoxy) is 1. The Kier molecular flexibility index (Phi) is 13.4. The number of benzene rings is 1. The lowest BCUT2D eigenvalue weighted by atomic mass is 10.1. The maximum Gasteiger partial charge on any atom is 0.222 e. The van der Waals surface area contributed by atoms with Crippen LogP contribution in [0, 0.1) is 0 Å². The fourth-order valence-corrected chi connectivity index (χ4v) is 3.14. The number of nitrogens with zero attached hydrogens (tertiary/aromatic N) is 1. The summed E-state index contributed by atoms with van der Waals surface area (Å²) in [6.07, 6.45) is 15.5. The van der Waals surface area contributed by atoms with Crippen molar-refractivity contribution in [3.8, 4) is 0 Å². The van der Waals surface area contributed by atoms with E-state index in [0.717, 1.165) is 32.2 Å². The van der Waals surface area contributed by atoms with Crippen LogP contribution < -0.4 is 0 Å². The van der Waals surface area contributed by atoms with E-state index in [1.807, 2.05) is 30.1 Å². The highest BCUT2D eigenvalue weighted by Crippen LogP contribution is 2.12. The van der Waals surface area contributed by atoms with Gasteiger partial charge in [0.25, 0.3) is 0 Å². The van der Waals surface area contributed by atoms with Gasteiger partial charge in [-0.3, -0.25) is 4.79 Å². The van der Waals surface area contributed by atoms with Crippen molar-refractivity contribution < 1.29 is 9.53 Å². The molecule has 27 heavy (non-hydrogen) atoms. The number of allylic oxidation sites excluding steroid dienone is 1. The van der Waals surface area contributed by atoms with Crippen LogP contribution in [0.3, 0.4) is 0 Å². The summed E-state index contributed by atoms with van der Waals surface area (Å²) in [5, 5.41) is 0. The van der Waals surface area contributed by atoms with Crippen LogP contribution in [0.15, 0.2) is 42.5 Å². The summed E-state index contributed by atoms with van der Waals surface area (Å²) in [4.78, 5) is 14.1. The quantitative estimate of drug-likeness (QED) is 0.288. The molecule has 0 saturated carbocycles. The van der Waals surface area contributed by atoms with Gasteiger partial charge in [-0.15, -0.1) is 0 Å². The number of unbranched alkanes of at least 4 members (excludes halogenated alkanes) is 4. The molecule has 152 valence electrons. The Morgan fingerprint density at radius 1 is 1.11 bits per heavy atom. The zero-order valence-corrected chi connectivity index (χ0v) is 17.7. The number of methoxy groups -OCH3 is 1. The van der Waals surface area contributed by atoms with Crippen LogP contribution in [-0.2, 0) is 16.0 Å². The smallest absolute Gasteiger partial charge is 0.222 e. The number of rotatable bonds is 15. The van der Waals surface area contributed by atoms with E-state index in [1.54, 1.807) is 7.11 Å². The molecule has 0 bridgehead atoms. The maximum atomic E-state index is 12.2. The van der Waals surface area contributed by atoms with Crippen LogP contribution in [0.25, 0.3) is 0 Å². The van der Waals surface area contributed by atoms with Crippen LogP contribution in [0.4, 0.5) is 0 Å². The minimum Gasteiger partial charge on any atom is -0.381 e. The molecule has 1 aromatic carbocycles. The average Bonchev–Trinajstić information content (AvgIpc) is 2.70. The first-order valence-corrected chi connectivity index (χ1v) is 10.6. The van der Waals surface area contributed by atoms with Gasteiger partial charge < -0.3 is 9.64 Å². The molecule has 0 aliphatic carbocycles. The van der Waals surface area contributed by atoms with Gasteiger partial charge in [-0.25, -0.2) is 0 Å². The largest absolute Gasteiger partial charge is 0.381 e. The molecule has 0 spiro atoms. The van der Waals surface area contributed by atoms with Crippen molar-refractivity contribution in [2.75, 3.05) is 20.7 Å². The number of hydrogen-bond donors (Lipinski definition) is 0. The Balaban J connectivity index is 2.13. The second kappa shape index (κ2) is 15.4. The summed E-state index contributed by atoms with van der Waals surface area (Å²) in [5.74, 6) is 0.217. The lowest BCUT2D eigenvalue weighted by Gasteiger charge is -2.16. The van der Waals surface area contributed by atoms with Crippen molar-refractivity contribution in [2.24, 2.45) is 0 Å². The van der Waals surface area contributed by atoms with Crippen LogP contribution in [-0.4, -0.2) is 37.6 Å². The van der Waals surface area contributed by atoms with Gasteiger partial charge >= 0.3 is 0 Å². The molecule has 1 unspecified atom stereocenters. The van der Waals surface area contributed by atoms with Crippen LogP contribution in [0.5, 0.6) is 0 Å². The van der Waals surface area contributed by atoms with Gasteiger partial charge in [0.15, 0.2) is 0 Å². The van der Waals surface area contributed by atoms with E-state index in [-0.39, 0.29) is 5.91 Å². The van der Waals surface area contributed by atoms with Gasteiger partial charge in [0.2, 0.25) is 5.91 Å². The molecule has 1 atom stereocenters. The topological polar surface area (TPSA) is 29.5 Å². The van der Waals surface area contributed by atoms with Crippen molar-refractivity contribution in [1.82, 2.24) is 4.90 Å².